The van der Waals surface area contributed by atoms with Crippen LogP contribution in [0.2, 0.25) is 0 Å². The van der Waals surface area contributed by atoms with Gasteiger partial charge in [0.15, 0.2) is 0 Å². The lowest BCUT2D eigenvalue weighted by Crippen LogP contribution is -2.51. The summed E-state index contributed by atoms with van der Waals surface area (Å²) in [6, 6.07) is 6.00. The first-order chi connectivity index (χ1) is 12.9. The number of hydrogen-bond donors (Lipinski definition) is 3. The van der Waals surface area contributed by atoms with Gasteiger partial charge in [0.2, 0.25) is 15.9 Å². The van der Waals surface area contributed by atoms with Crippen LogP contribution in [-0.2, 0) is 24.3 Å². The predicted molar refractivity (Wildman–Crippen MR) is 99.8 cm³/mol. The molecule has 8 nitrogen and oxygen atoms in total. The number of aliphatic hydroxyl groups is 1. The zero-order chi connectivity index (χ0) is 19.9. The highest BCUT2D eigenvalue weighted by Crippen LogP contribution is 2.23. The summed E-state index contributed by atoms with van der Waals surface area (Å²) >= 11 is 0. The molecule has 1 heterocycles. The summed E-state index contributed by atoms with van der Waals surface area (Å²) in [7, 11) is -2.15. The minimum atomic E-state index is -3.71. The lowest BCUT2D eigenvalue weighted by Gasteiger charge is -2.35. The Morgan fingerprint density at radius 3 is 2.63 bits per heavy atom. The molecule has 0 saturated carbocycles. The highest BCUT2D eigenvalue weighted by molar-refractivity contribution is 7.89. The molecule has 3 atom stereocenters. The summed E-state index contributed by atoms with van der Waals surface area (Å²) in [6.07, 6.45) is 0.111. The molecule has 1 aromatic rings. The van der Waals surface area contributed by atoms with E-state index in [1.165, 1.54) is 0 Å². The summed E-state index contributed by atoms with van der Waals surface area (Å²) in [4.78, 5) is 12.1. The third kappa shape index (κ3) is 6.54. The molecule has 2 rings (SSSR count). The van der Waals surface area contributed by atoms with Crippen molar-refractivity contribution in [2.75, 3.05) is 26.9 Å². The van der Waals surface area contributed by atoms with Crippen LogP contribution >= 0.6 is 0 Å². The van der Waals surface area contributed by atoms with Crippen molar-refractivity contribution in [3.8, 4) is 0 Å². The summed E-state index contributed by atoms with van der Waals surface area (Å²) in [5.74, 6) is -0.160. The molecule has 3 N–H and O–H groups in total. The van der Waals surface area contributed by atoms with E-state index in [0.717, 1.165) is 5.56 Å². The number of carbonyl (C=O) groups excluding carboxylic acids is 1. The molecule has 1 amide bonds. The zero-order valence-electron chi connectivity index (χ0n) is 15.7. The van der Waals surface area contributed by atoms with Crippen LogP contribution in [0.4, 0.5) is 0 Å². The molecular formula is C18H28N2O6S. The van der Waals surface area contributed by atoms with Gasteiger partial charge in [-0.1, -0.05) is 17.7 Å². The summed E-state index contributed by atoms with van der Waals surface area (Å²) in [5, 5.41) is 12.3. The van der Waals surface area contributed by atoms with Gasteiger partial charge in [0.1, 0.15) is 0 Å². The average Bonchev–Trinajstić information content (AvgIpc) is 2.63. The minimum absolute atomic E-state index is 0.160. The summed E-state index contributed by atoms with van der Waals surface area (Å²) in [6.45, 7) is 2.40. The standard InChI is InChI=1S/C18H28N2O6S/c1-13-3-6-15(7-4-13)27(23,24)20-16-8-5-14(26-17(16)12-21)11-18(22)19-9-10-25-2/h3-4,6-7,14,16-17,20-21H,5,8-12H2,1-2H3,(H,19,22)/t14-,16+,17+/m1/s1. The fourth-order valence-corrected chi connectivity index (χ4v) is 4.27. The molecule has 27 heavy (non-hydrogen) atoms. The maximum atomic E-state index is 12.6. The van der Waals surface area contributed by atoms with E-state index in [0.29, 0.717) is 26.0 Å². The van der Waals surface area contributed by atoms with E-state index < -0.39 is 22.2 Å². The van der Waals surface area contributed by atoms with E-state index in [1.54, 1.807) is 31.4 Å². The third-order valence-electron chi connectivity index (χ3n) is 4.47. The molecule has 1 aromatic carbocycles. The van der Waals surface area contributed by atoms with Gasteiger partial charge in [-0.2, -0.15) is 0 Å². The predicted octanol–water partition coefficient (Wildman–Crippen LogP) is 0.335. The Hall–Kier alpha value is -1.52. The van der Waals surface area contributed by atoms with Crippen molar-refractivity contribution in [1.29, 1.82) is 0 Å². The number of methoxy groups -OCH3 is 1. The maximum absolute atomic E-state index is 12.6. The van der Waals surface area contributed by atoms with Gasteiger partial charge in [-0.05, 0) is 31.9 Å². The van der Waals surface area contributed by atoms with Gasteiger partial charge in [-0.25, -0.2) is 13.1 Å². The number of sulfonamides is 1. The monoisotopic (exact) mass is 400 g/mol. The van der Waals surface area contributed by atoms with Crippen LogP contribution in [0, 0.1) is 6.92 Å². The molecule has 9 heteroatoms. The Morgan fingerprint density at radius 2 is 2.00 bits per heavy atom. The van der Waals surface area contributed by atoms with Crippen molar-refractivity contribution in [2.24, 2.45) is 0 Å². The number of benzene rings is 1. The third-order valence-corrected chi connectivity index (χ3v) is 5.98. The summed E-state index contributed by atoms with van der Waals surface area (Å²) < 4.78 is 38.4. The maximum Gasteiger partial charge on any atom is 0.240 e. The van der Waals surface area contributed by atoms with E-state index in [4.69, 9.17) is 9.47 Å². The molecule has 0 bridgehead atoms. The van der Waals surface area contributed by atoms with Crippen LogP contribution in [0.5, 0.6) is 0 Å². The lowest BCUT2D eigenvalue weighted by molar-refractivity contribution is -0.130. The molecular weight excluding hydrogens is 372 g/mol. The van der Waals surface area contributed by atoms with Crippen LogP contribution in [0.15, 0.2) is 29.2 Å². The zero-order valence-corrected chi connectivity index (χ0v) is 16.5. The number of aryl methyl sites for hydroxylation is 1. The molecule has 0 aromatic heterocycles. The number of ether oxygens (including phenoxy) is 2. The van der Waals surface area contributed by atoms with Gasteiger partial charge in [-0.3, -0.25) is 4.79 Å². The highest BCUT2D eigenvalue weighted by Gasteiger charge is 2.34. The molecule has 0 radical (unpaired) electrons. The molecule has 0 aliphatic carbocycles. The molecule has 152 valence electrons. The molecule has 1 aliphatic heterocycles. The Labute approximate surface area is 160 Å². The first kappa shape index (κ1) is 21.8. The smallest absolute Gasteiger partial charge is 0.240 e. The topological polar surface area (TPSA) is 114 Å². The summed E-state index contributed by atoms with van der Waals surface area (Å²) in [5.41, 5.74) is 0.967. The number of nitrogens with one attached hydrogen (secondary N) is 2. The molecule has 1 fully saturated rings. The number of carbonyl (C=O) groups is 1. The van der Waals surface area contributed by atoms with Crippen molar-refractivity contribution in [1.82, 2.24) is 10.0 Å². The van der Waals surface area contributed by atoms with Crippen molar-refractivity contribution >= 4 is 15.9 Å². The normalized spacial score (nSPS) is 23.1. The second-order valence-electron chi connectivity index (χ2n) is 6.64. The second-order valence-corrected chi connectivity index (χ2v) is 8.36. The van der Waals surface area contributed by atoms with Crippen LogP contribution in [-0.4, -0.2) is 64.5 Å². The van der Waals surface area contributed by atoms with Crippen LogP contribution in [0.1, 0.15) is 24.8 Å². The minimum Gasteiger partial charge on any atom is -0.394 e. The first-order valence-corrected chi connectivity index (χ1v) is 10.4. The Balaban J connectivity index is 1.92. The van der Waals surface area contributed by atoms with E-state index in [9.17, 15) is 18.3 Å². The lowest BCUT2D eigenvalue weighted by atomic mass is 9.98. The Kier molecular flexibility index (Phi) is 8.18. The van der Waals surface area contributed by atoms with Gasteiger partial charge in [-0.15, -0.1) is 0 Å². The number of rotatable bonds is 9. The highest BCUT2D eigenvalue weighted by atomic mass is 32.2. The average molecular weight is 400 g/mol. The van der Waals surface area contributed by atoms with E-state index in [-0.39, 0.29) is 29.9 Å². The molecule has 1 saturated heterocycles. The van der Waals surface area contributed by atoms with Crippen LogP contribution < -0.4 is 10.0 Å². The van der Waals surface area contributed by atoms with E-state index in [2.05, 4.69) is 10.0 Å². The van der Waals surface area contributed by atoms with Crippen LogP contribution in [0.3, 0.4) is 0 Å². The van der Waals surface area contributed by atoms with Crippen molar-refractivity contribution in [2.45, 2.75) is 49.3 Å². The molecule has 0 unspecified atom stereocenters. The first-order valence-electron chi connectivity index (χ1n) is 8.96. The molecule has 0 spiro atoms. The fourth-order valence-electron chi connectivity index (χ4n) is 2.97. The van der Waals surface area contributed by atoms with Gasteiger partial charge in [0.05, 0.1) is 42.8 Å². The second kappa shape index (κ2) is 10.1. The van der Waals surface area contributed by atoms with Crippen molar-refractivity contribution in [3.63, 3.8) is 0 Å². The van der Waals surface area contributed by atoms with Crippen molar-refractivity contribution < 1.29 is 27.8 Å². The largest absolute Gasteiger partial charge is 0.394 e. The van der Waals surface area contributed by atoms with Gasteiger partial charge in [0.25, 0.3) is 0 Å². The van der Waals surface area contributed by atoms with Gasteiger partial charge < -0.3 is 19.9 Å². The number of aliphatic hydroxyl groups excluding tert-OH is 1. The fraction of sp³-hybridized carbons (Fsp3) is 0.611. The van der Waals surface area contributed by atoms with Gasteiger partial charge in [0, 0.05) is 13.7 Å². The van der Waals surface area contributed by atoms with Gasteiger partial charge >= 0.3 is 0 Å². The van der Waals surface area contributed by atoms with Crippen molar-refractivity contribution in [3.05, 3.63) is 29.8 Å². The Bertz CT molecular complexity index is 707. The van der Waals surface area contributed by atoms with E-state index in [1.807, 2.05) is 6.92 Å². The number of hydrogen-bond acceptors (Lipinski definition) is 6. The SMILES string of the molecule is COCCNC(=O)C[C@H]1CC[C@H](NS(=O)(=O)c2ccc(C)cc2)[C@H](CO)O1. The molecule has 1 aliphatic rings. The van der Waals surface area contributed by atoms with Crippen LogP contribution in [0.25, 0.3) is 0 Å². The quantitative estimate of drug-likeness (QED) is 0.515. The Morgan fingerprint density at radius 1 is 1.30 bits per heavy atom. The van der Waals surface area contributed by atoms with E-state index >= 15 is 0 Å². The number of amides is 1.